The molecule has 3 aromatic rings. The third-order valence-electron chi connectivity index (χ3n) is 8.09. The van der Waals surface area contributed by atoms with Gasteiger partial charge in [0.25, 0.3) is 5.91 Å². The lowest BCUT2D eigenvalue weighted by atomic mass is 10.0. The summed E-state index contributed by atoms with van der Waals surface area (Å²) in [7, 11) is 0. The third-order valence-corrected chi connectivity index (χ3v) is 8.09. The van der Waals surface area contributed by atoms with Gasteiger partial charge in [-0.2, -0.15) is 0 Å². The number of carbonyl (C=O) groups excluding carboxylic acids is 3. The molecule has 3 aliphatic rings. The van der Waals surface area contributed by atoms with Gasteiger partial charge in [0.2, 0.25) is 0 Å². The summed E-state index contributed by atoms with van der Waals surface area (Å²) < 4.78 is 22.6. The van der Waals surface area contributed by atoms with E-state index in [-0.39, 0.29) is 36.9 Å². The van der Waals surface area contributed by atoms with Crippen molar-refractivity contribution in [2.45, 2.75) is 76.9 Å². The Kier molecular flexibility index (Phi) is 9.48. The molecule has 248 valence electrons. The second kappa shape index (κ2) is 13.9. The van der Waals surface area contributed by atoms with Gasteiger partial charge >= 0.3 is 12.2 Å². The number of anilines is 2. The summed E-state index contributed by atoms with van der Waals surface area (Å²) in [5.41, 5.74) is 2.76. The number of rotatable bonds is 10. The minimum absolute atomic E-state index is 0.0264. The number of amides is 3. The maximum absolute atomic E-state index is 12.6. The predicted octanol–water partition coefficient (Wildman–Crippen LogP) is 5.41. The number of carbonyl (C=O) groups is 3. The van der Waals surface area contributed by atoms with Crippen molar-refractivity contribution in [3.63, 3.8) is 0 Å². The Labute approximate surface area is 274 Å². The standard InChI is InChI=1S/C35H41N5O7/c1-35(2,3)47-33(42)37-25-10-11-27(18-25)45-26-9-5-8-24(17-26)23-7-4-6-22(16-23)19-36-15-14-28-20-40(34(43)46-28)30-13-12-29-32(38-30)39-31(41)21-44-29/h4-9,12-13,16-17,25,27-28,36H,10-11,14-15,18-21H2,1-3H3,(H,37,42)(H,38,39,41)/t25-,27+,28-/m0/s1. The highest BCUT2D eigenvalue weighted by atomic mass is 16.6. The van der Waals surface area contributed by atoms with Crippen LogP contribution in [0.15, 0.2) is 60.7 Å². The molecular weight excluding hydrogens is 602 g/mol. The Morgan fingerprint density at radius 2 is 1.87 bits per heavy atom. The highest BCUT2D eigenvalue weighted by Crippen LogP contribution is 2.31. The quantitative estimate of drug-likeness (QED) is 0.248. The van der Waals surface area contributed by atoms with Crippen LogP contribution >= 0.6 is 0 Å². The van der Waals surface area contributed by atoms with Gasteiger partial charge in [0.15, 0.2) is 18.2 Å². The molecule has 0 unspecified atom stereocenters. The largest absolute Gasteiger partial charge is 0.490 e. The van der Waals surface area contributed by atoms with E-state index in [1.807, 2.05) is 39.0 Å². The molecule has 12 nitrogen and oxygen atoms in total. The number of nitrogens with one attached hydrogen (secondary N) is 3. The van der Waals surface area contributed by atoms with Crippen molar-refractivity contribution < 1.29 is 33.3 Å². The van der Waals surface area contributed by atoms with Gasteiger partial charge in [0, 0.05) is 19.0 Å². The maximum atomic E-state index is 12.6. The molecule has 3 N–H and O–H groups in total. The average Bonchev–Trinajstić information content (AvgIpc) is 3.63. The van der Waals surface area contributed by atoms with Gasteiger partial charge < -0.3 is 34.9 Å². The van der Waals surface area contributed by atoms with E-state index in [0.29, 0.717) is 43.4 Å². The van der Waals surface area contributed by atoms with Crippen molar-refractivity contribution in [3.8, 4) is 22.6 Å². The number of alkyl carbamates (subject to hydrolysis) is 1. The number of hydrogen-bond acceptors (Lipinski definition) is 9. The van der Waals surface area contributed by atoms with Crippen LogP contribution in [0.4, 0.5) is 21.2 Å². The minimum Gasteiger partial charge on any atom is -0.490 e. The Bertz CT molecular complexity index is 1620. The van der Waals surface area contributed by atoms with Gasteiger partial charge in [0.1, 0.15) is 29.4 Å². The second-order valence-corrected chi connectivity index (χ2v) is 13.1. The fourth-order valence-corrected chi connectivity index (χ4v) is 5.91. The van der Waals surface area contributed by atoms with Crippen molar-refractivity contribution >= 4 is 29.7 Å². The van der Waals surface area contributed by atoms with Crippen LogP contribution in [0.25, 0.3) is 11.1 Å². The number of fused-ring (bicyclic) bond motifs is 1. The number of aromatic nitrogens is 1. The molecule has 2 fully saturated rings. The molecule has 1 aromatic heterocycles. The molecule has 1 saturated heterocycles. The fourth-order valence-electron chi connectivity index (χ4n) is 5.91. The number of cyclic esters (lactones) is 1. The Hall–Kier alpha value is -4.84. The number of hydrogen-bond donors (Lipinski definition) is 3. The van der Waals surface area contributed by atoms with Crippen molar-refractivity contribution in [2.75, 3.05) is 29.9 Å². The summed E-state index contributed by atoms with van der Waals surface area (Å²) in [4.78, 5) is 42.2. The van der Waals surface area contributed by atoms with Crippen LogP contribution in [-0.4, -0.2) is 66.6 Å². The first-order chi connectivity index (χ1) is 22.6. The first-order valence-electron chi connectivity index (χ1n) is 16.1. The molecular formula is C35H41N5O7. The van der Waals surface area contributed by atoms with E-state index in [1.54, 1.807) is 12.1 Å². The van der Waals surface area contributed by atoms with Crippen LogP contribution in [0.5, 0.6) is 11.5 Å². The first kappa shape index (κ1) is 32.1. The van der Waals surface area contributed by atoms with Gasteiger partial charge in [-0.3, -0.25) is 9.69 Å². The summed E-state index contributed by atoms with van der Waals surface area (Å²) in [6, 6.07) is 19.9. The molecule has 2 aromatic carbocycles. The van der Waals surface area contributed by atoms with Crippen LogP contribution in [0.1, 0.15) is 52.0 Å². The van der Waals surface area contributed by atoms with E-state index in [9.17, 15) is 14.4 Å². The van der Waals surface area contributed by atoms with Crippen molar-refractivity contribution in [1.82, 2.24) is 15.6 Å². The maximum Gasteiger partial charge on any atom is 0.415 e. The lowest BCUT2D eigenvalue weighted by molar-refractivity contribution is -0.118. The molecule has 6 rings (SSSR count). The normalized spacial score (nSPS) is 20.6. The summed E-state index contributed by atoms with van der Waals surface area (Å²) in [5, 5.41) is 9.09. The summed E-state index contributed by atoms with van der Waals surface area (Å²) in [6.07, 6.45) is 1.99. The minimum atomic E-state index is -0.525. The smallest absolute Gasteiger partial charge is 0.415 e. The third kappa shape index (κ3) is 8.50. The zero-order chi connectivity index (χ0) is 33.0. The molecule has 1 saturated carbocycles. The molecule has 0 bridgehead atoms. The van der Waals surface area contributed by atoms with Gasteiger partial charge in [0.05, 0.1) is 6.54 Å². The van der Waals surface area contributed by atoms with Crippen LogP contribution in [0.3, 0.4) is 0 Å². The highest BCUT2D eigenvalue weighted by Gasteiger charge is 2.34. The topological polar surface area (TPSA) is 140 Å². The molecule has 2 aliphatic heterocycles. The number of ether oxygens (including phenoxy) is 4. The SMILES string of the molecule is CC(C)(C)OC(=O)N[C@H]1CC[C@@H](Oc2cccc(-c3cccc(CNCC[C@H]4CN(c5ccc6c(n5)NC(=O)CO6)C(=O)O4)c3)c2)C1. The molecule has 47 heavy (non-hydrogen) atoms. The van der Waals surface area contributed by atoms with Crippen molar-refractivity contribution in [2.24, 2.45) is 0 Å². The lowest BCUT2D eigenvalue weighted by Gasteiger charge is -2.21. The van der Waals surface area contributed by atoms with E-state index >= 15 is 0 Å². The van der Waals surface area contributed by atoms with E-state index < -0.39 is 11.7 Å². The van der Waals surface area contributed by atoms with Gasteiger partial charge in [-0.25, -0.2) is 14.6 Å². The summed E-state index contributed by atoms with van der Waals surface area (Å²) in [6.45, 7) is 7.20. The molecule has 0 radical (unpaired) electrons. The van der Waals surface area contributed by atoms with Gasteiger partial charge in [-0.1, -0.05) is 30.3 Å². The Morgan fingerprint density at radius 1 is 1.06 bits per heavy atom. The summed E-state index contributed by atoms with van der Waals surface area (Å²) >= 11 is 0. The van der Waals surface area contributed by atoms with Crippen LogP contribution in [0.2, 0.25) is 0 Å². The Balaban J connectivity index is 0.963. The number of pyridine rings is 1. The first-order valence-corrected chi connectivity index (χ1v) is 16.1. The zero-order valence-electron chi connectivity index (χ0n) is 26.9. The van der Waals surface area contributed by atoms with Crippen LogP contribution in [0, 0.1) is 0 Å². The number of benzene rings is 2. The lowest BCUT2D eigenvalue weighted by Crippen LogP contribution is -2.38. The van der Waals surface area contributed by atoms with E-state index in [1.165, 1.54) is 4.90 Å². The van der Waals surface area contributed by atoms with E-state index in [4.69, 9.17) is 18.9 Å². The van der Waals surface area contributed by atoms with Gasteiger partial charge in [-0.15, -0.1) is 0 Å². The molecule has 12 heteroatoms. The summed E-state index contributed by atoms with van der Waals surface area (Å²) in [5.74, 6) is 1.70. The van der Waals surface area contributed by atoms with E-state index in [0.717, 1.165) is 41.7 Å². The van der Waals surface area contributed by atoms with Gasteiger partial charge in [-0.05, 0) is 93.6 Å². The number of nitrogens with zero attached hydrogens (tertiary/aromatic N) is 2. The predicted molar refractivity (Wildman–Crippen MR) is 176 cm³/mol. The monoisotopic (exact) mass is 643 g/mol. The fraction of sp³-hybridized carbons (Fsp3) is 0.429. The van der Waals surface area contributed by atoms with Crippen molar-refractivity contribution in [3.05, 3.63) is 66.2 Å². The Morgan fingerprint density at radius 3 is 2.70 bits per heavy atom. The second-order valence-electron chi connectivity index (χ2n) is 13.1. The van der Waals surface area contributed by atoms with Crippen LogP contribution < -0.4 is 30.3 Å². The molecule has 1 aliphatic carbocycles. The molecule has 3 amide bonds. The van der Waals surface area contributed by atoms with Crippen molar-refractivity contribution in [1.29, 1.82) is 0 Å². The molecule has 0 spiro atoms. The molecule has 3 atom stereocenters. The average molecular weight is 644 g/mol. The highest BCUT2D eigenvalue weighted by molar-refractivity contribution is 5.95. The van der Waals surface area contributed by atoms with Crippen LogP contribution in [-0.2, 0) is 20.8 Å². The zero-order valence-corrected chi connectivity index (χ0v) is 26.9. The van der Waals surface area contributed by atoms with E-state index in [2.05, 4.69) is 51.3 Å². The molecule has 3 heterocycles.